The van der Waals surface area contributed by atoms with Gasteiger partial charge < -0.3 is 10.2 Å². The smallest absolute Gasteiger partial charge is 0.238 e. The standard InChI is InChI=1S/C16H23N3O2/c1-13(20)18(2)15-8-6-14(7-9-15)17-16(21)12-19-10-4-3-5-11-19/h6-9H,3-5,10-12H2,1-2H3,(H,17,21). The highest BCUT2D eigenvalue weighted by Crippen LogP contribution is 2.17. The van der Waals surface area contributed by atoms with E-state index >= 15 is 0 Å². The van der Waals surface area contributed by atoms with Crippen LogP contribution in [0.5, 0.6) is 0 Å². The highest BCUT2D eigenvalue weighted by atomic mass is 16.2. The number of amides is 2. The van der Waals surface area contributed by atoms with Crippen molar-refractivity contribution in [2.24, 2.45) is 0 Å². The van der Waals surface area contributed by atoms with Crippen molar-refractivity contribution in [1.82, 2.24) is 4.90 Å². The minimum atomic E-state index is -0.0168. The second-order valence-electron chi connectivity index (χ2n) is 5.51. The Morgan fingerprint density at radius 1 is 1.14 bits per heavy atom. The number of piperidine rings is 1. The van der Waals surface area contributed by atoms with E-state index in [-0.39, 0.29) is 11.8 Å². The zero-order chi connectivity index (χ0) is 15.2. The molecule has 2 rings (SSSR count). The summed E-state index contributed by atoms with van der Waals surface area (Å²) in [5, 5.41) is 2.90. The lowest BCUT2D eigenvalue weighted by molar-refractivity contribution is -0.117. The van der Waals surface area contributed by atoms with Crippen molar-refractivity contribution in [2.45, 2.75) is 26.2 Å². The summed E-state index contributed by atoms with van der Waals surface area (Å²) in [6.45, 7) is 3.99. The average molecular weight is 289 g/mol. The molecule has 0 aliphatic carbocycles. The molecule has 114 valence electrons. The molecule has 1 aromatic carbocycles. The van der Waals surface area contributed by atoms with E-state index in [4.69, 9.17) is 0 Å². The van der Waals surface area contributed by atoms with E-state index in [0.717, 1.165) is 24.5 Å². The van der Waals surface area contributed by atoms with E-state index in [2.05, 4.69) is 10.2 Å². The zero-order valence-electron chi connectivity index (χ0n) is 12.8. The Hall–Kier alpha value is -1.88. The molecule has 0 unspecified atom stereocenters. The summed E-state index contributed by atoms with van der Waals surface area (Å²) in [4.78, 5) is 27.0. The molecule has 0 saturated carbocycles. The molecule has 5 nitrogen and oxygen atoms in total. The molecule has 5 heteroatoms. The number of hydrogen-bond donors (Lipinski definition) is 1. The Bertz CT molecular complexity index is 493. The molecule has 21 heavy (non-hydrogen) atoms. The Morgan fingerprint density at radius 2 is 1.76 bits per heavy atom. The molecule has 1 N–H and O–H groups in total. The van der Waals surface area contributed by atoms with Crippen molar-refractivity contribution in [3.8, 4) is 0 Å². The van der Waals surface area contributed by atoms with Gasteiger partial charge in [0.1, 0.15) is 0 Å². The average Bonchev–Trinajstić information content (AvgIpc) is 2.48. The Kier molecular flexibility index (Phi) is 5.33. The first-order valence-electron chi connectivity index (χ1n) is 7.43. The summed E-state index contributed by atoms with van der Waals surface area (Å²) in [6.07, 6.45) is 3.63. The van der Waals surface area contributed by atoms with Crippen molar-refractivity contribution in [3.63, 3.8) is 0 Å². The fraction of sp³-hybridized carbons (Fsp3) is 0.500. The van der Waals surface area contributed by atoms with Crippen LogP contribution in [0.3, 0.4) is 0 Å². The summed E-state index contributed by atoms with van der Waals surface area (Å²) in [5.74, 6) is 0.00135. The van der Waals surface area contributed by atoms with E-state index in [0.29, 0.717) is 6.54 Å². The number of rotatable bonds is 4. The van der Waals surface area contributed by atoms with Crippen LogP contribution in [0.1, 0.15) is 26.2 Å². The topological polar surface area (TPSA) is 52.7 Å². The molecule has 1 aromatic rings. The number of nitrogens with zero attached hydrogens (tertiary/aromatic N) is 2. The second kappa shape index (κ2) is 7.22. The van der Waals surface area contributed by atoms with Gasteiger partial charge in [-0.3, -0.25) is 14.5 Å². The van der Waals surface area contributed by atoms with Gasteiger partial charge in [-0.15, -0.1) is 0 Å². The quantitative estimate of drug-likeness (QED) is 0.923. The Labute approximate surface area is 125 Å². The number of carbonyl (C=O) groups excluding carboxylic acids is 2. The maximum atomic E-state index is 12.0. The predicted molar refractivity (Wildman–Crippen MR) is 84.4 cm³/mol. The predicted octanol–water partition coefficient (Wildman–Crippen LogP) is 2.09. The lowest BCUT2D eigenvalue weighted by atomic mass is 10.1. The van der Waals surface area contributed by atoms with Gasteiger partial charge in [0.2, 0.25) is 11.8 Å². The minimum Gasteiger partial charge on any atom is -0.325 e. The van der Waals surface area contributed by atoms with Crippen molar-refractivity contribution < 1.29 is 9.59 Å². The summed E-state index contributed by atoms with van der Waals surface area (Å²) < 4.78 is 0. The van der Waals surface area contributed by atoms with Crippen LogP contribution in [0.2, 0.25) is 0 Å². The highest BCUT2D eigenvalue weighted by Gasteiger charge is 2.14. The lowest BCUT2D eigenvalue weighted by Gasteiger charge is -2.25. The molecule has 0 radical (unpaired) electrons. The number of anilines is 2. The largest absolute Gasteiger partial charge is 0.325 e. The molecule has 2 amide bonds. The third-order valence-electron chi connectivity index (χ3n) is 3.83. The monoisotopic (exact) mass is 289 g/mol. The molecular weight excluding hydrogens is 266 g/mol. The molecule has 0 atom stereocenters. The van der Waals surface area contributed by atoms with Gasteiger partial charge in [0.25, 0.3) is 0 Å². The van der Waals surface area contributed by atoms with E-state index in [1.807, 2.05) is 24.3 Å². The van der Waals surface area contributed by atoms with Crippen LogP contribution in [0.25, 0.3) is 0 Å². The number of benzene rings is 1. The van der Waals surface area contributed by atoms with Gasteiger partial charge in [-0.05, 0) is 50.2 Å². The molecule has 0 spiro atoms. The maximum Gasteiger partial charge on any atom is 0.238 e. The fourth-order valence-electron chi connectivity index (χ4n) is 2.47. The van der Waals surface area contributed by atoms with Crippen LogP contribution in [-0.2, 0) is 9.59 Å². The van der Waals surface area contributed by atoms with Gasteiger partial charge in [0, 0.05) is 25.3 Å². The van der Waals surface area contributed by atoms with Gasteiger partial charge in [-0.25, -0.2) is 0 Å². The molecular formula is C16H23N3O2. The summed E-state index contributed by atoms with van der Waals surface area (Å²) in [7, 11) is 1.73. The van der Waals surface area contributed by atoms with Gasteiger partial charge in [-0.2, -0.15) is 0 Å². The molecule has 0 aromatic heterocycles. The third-order valence-corrected chi connectivity index (χ3v) is 3.83. The van der Waals surface area contributed by atoms with Crippen LogP contribution in [-0.4, -0.2) is 43.4 Å². The van der Waals surface area contributed by atoms with Crippen LogP contribution in [0.15, 0.2) is 24.3 Å². The van der Waals surface area contributed by atoms with E-state index < -0.39 is 0 Å². The van der Waals surface area contributed by atoms with Gasteiger partial charge >= 0.3 is 0 Å². The van der Waals surface area contributed by atoms with E-state index in [1.54, 1.807) is 11.9 Å². The van der Waals surface area contributed by atoms with Crippen LogP contribution in [0, 0.1) is 0 Å². The van der Waals surface area contributed by atoms with Gasteiger partial charge in [0.05, 0.1) is 6.54 Å². The molecule has 0 bridgehead atoms. The lowest BCUT2D eigenvalue weighted by Crippen LogP contribution is -2.36. The summed E-state index contributed by atoms with van der Waals surface area (Å²) in [5.41, 5.74) is 1.58. The highest BCUT2D eigenvalue weighted by molar-refractivity contribution is 5.93. The Balaban J connectivity index is 1.87. The van der Waals surface area contributed by atoms with Gasteiger partial charge in [-0.1, -0.05) is 6.42 Å². The minimum absolute atomic E-state index is 0.0168. The zero-order valence-corrected chi connectivity index (χ0v) is 12.8. The third kappa shape index (κ3) is 4.56. The summed E-state index contributed by atoms with van der Waals surface area (Å²) in [6, 6.07) is 7.31. The van der Waals surface area contributed by atoms with Crippen molar-refractivity contribution in [2.75, 3.05) is 36.9 Å². The first kappa shape index (κ1) is 15.5. The number of hydrogen-bond acceptors (Lipinski definition) is 3. The van der Waals surface area contributed by atoms with Crippen molar-refractivity contribution in [1.29, 1.82) is 0 Å². The molecule has 1 aliphatic heterocycles. The molecule has 1 aliphatic rings. The van der Waals surface area contributed by atoms with E-state index in [1.165, 1.54) is 26.2 Å². The van der Waals surface area contributed by atoms with Crippen molar-refractivity contribution >= 4 is 23.2 Å². The fourth-order valence-corrected chi connectivity index (χ4v) is 2.47. The SMILES string of the molecule is CC(=O)N(C)c1ccc(NC(=O)CN2CCCCC2)cc1. The van der Waals surface area contributed by atoms with Crippen molar-refractivity contribution in [3.05, 3.63) is 24.3 Å². The number of nitrogens with one attached hydrogen (secondary N) is 1. The maximum absolute atomic E-state index is 12.0. The normalized spacial score (nSPS) is 15.5. The Morgan fingerprint density at radius 3 is 2.33 bits per heavy atom. The van der Waals surface area contributed by atoms with E-state index in [9.17, 15) is 9.59 Å². The molecule has 1 heterocycles. The molecule has 1 fully saturated rings. The van der Waals surface area contributed by atoms with Crippen LogP contribution < -0.4 is 10.2 Å². The first-order valence-corrected chi connectivity index (χ1v) is 7.43. The number of carbonyl (C=O) groups is 2. The van der Waals surface area contributed by atoms with Gasteiger partial charge in [0.15, 0.2) is 0 Å². The van der Waals surface area contributed by atoms with Crippen LogP contribution >= 0.6 is 0 Å². The first-order chi connectivity index (χ1) is 10.1. The van der Waals surface area contributed by atoms with Crippen LogP contribution in [0.4, 0.5) is 11.4 Å². The molecule has 1 saturated heterocycles. The summed E-state index contributed by atoms with van der Waals surface area (Å²) >= 11 is 0. The second-order valence-corrected chi connectivity index (χ2v) is 5.51. The number of likely N-dealkylation sites (tertiary alicyclic amines) is 1.